The fourth-order valence-electron chi connectivity index (χ4n) is 2.21. The molecule has 1 saturated carbocycles. The number of nitrogens with one attached hydrogen (secondary N) is 1. The zero-order valence-electron chi connectivity index (χ0n) is 7.89. The first-order valence-corrected chi connectivity index (χ1v) is 4.62. The summed E-state index contributed by atoms with van der Waals surface area (Å²) >= 11 is 0. The van der Waals surface area contributed by atoms with Crippen LogP contribution in [0, 0.1) is 5.92 Å². The predicted molar refractivity (Wildman–Crippen MR) is 48.6 cm³/mol. The molecule has 70 valence electrons. The monoisotopic (exact) mass is 170 g/mol. The molecule has 0 radical (unpaired) electrons. The van der Waals surface area contributed by atoms with Gasteiger partial charge in [0.05, 0.1) is 5.54 Å². The van der Waals surface area contributed by atoms with E-state index in [1.165, 1.54) is 6.42 Å². The lowest BCUT2D eigenvalue weighted by Crippen LogP contribution is -2.59. The molecule has 3 N–H and O–H groups in total. The van der Waals surface area contributed by atoms with Gasteiger partial charge in [0.1, 0.15) is 0 Å². The summed E-state index contributed by atoms with van der Waals surface area (Å²) in [5.74, 6) is 0.172. The van der Waals surface area contributed by atoms with Crippen molar-refractivity contribution in [2.45, 2.75) is 38.1 Å². The number of likely N-dealkylation sites (N-methyl/N-ethyl adjacent to an activating group) is 1. The summed E-state index contributed by atoms with van der Waals surface area (Å²) in [5.41, 5.74) is 4.97. The Balaban J connectivity index is 2.81. The predicted octanol–water partition coefficient (Wildman–Crippen LogP) is 0.640. The van der Waals surface area contributed by atoms with Gasteiger partial charge in [-0.15, -0.1) is 0 Å². The van der Waals surface area contributed by atoms with E-state index in [4.69, 9.17) is 5.73 Å². The fourth-order valence-corrected chi connectivity index (χ4v) is 2.21. The third-order valence-corrected chi connectivity index (χ3v) is 3.19. The quantitative estimate of drug-likeness (QED) is 0.639. The lowest BCUT2D eigenvalue weighted by molar-refractivity contribution is -0.127. The molecule has 12 heavy (non-hydrogen) atoms. The number of hydrogen-bond donors (Lipinski definition) is 2. The molecule has 0 aromatic carbocycles. The SMILES string of the molecule is CNC1(C(N)=O)CCCC[C@H]1C. The second kappa shape index (κ2) is 3.44. The van der Waals surface area contributed by atoms with Crippen LogP contribution < -0.4 is 11.1 Å². The molecule has 0 saturated heterocycles. The van der Waals surface area contributed by atoms with Gasteiger partial charge >= 0.3 is 0 Å². The largest absolute Gasteiger partial charge is 0.368 e. The first kappa shape index (κ1) is 9.52. The number of amides is 1. The lowest BCUT2D eigenvalue weighted by Gasteiger charge is -2.39. The molecule has 0 aromatic rings. The van der Waals surface area contributed by atoms with Crippen LogP contribution in [0.2, 0.25) is 0 Å². The molecule has 1 aliphatic rings. The molecule has 0 bridgehead atoms. The number of primary amides is 1. The van der Waals surface area contributed by atoms with Crippen LogP contribution in [0.1, 0.15) is 32.6 Å². The van der Waals surface area contributed by atoms with Gasteiger partial charge in [0.15, 0.2) is 0 Å². The van der Waals surface area contributed by atoms with Crippen molar-refractivity contribution < 1.29 is 4.79 Å². The maximum absolute atomic E-state index is 11.3. The number of carbonyl (C=O) groups excluding carboxylic acids is 1. The highest BCUT2D eigenvalue weighted by Crippen LogP contribution is 2.32. The van der Waals surface area contributed by atoms with Crippen molar-refractivity contribution in [2.24, 2.45) is 11.7 Å². The second-order valence-electron chi connectivity index (χ2n) is 3.73. The summed E-state index contributed by atoms with van der Waals surface area (Å²) in [6, 6.07) is 0. The van der Waals surface area contributed by atoms with Gasteiger partial charge < -0.3 is 11.1 Å². The van der Waals surface area contributed by atoms with Crippen LogP contribution in [-0.2, 0) is 4.79 Å². The standard InChI is InChI=1S/C9H18N2O/c1-7-5-3-4-6-9(7,11-2)8(10)12/h7,11H,3-6H2,1-2H3,(H2,10,12)/t7-,9?/m1/s1. The Bertz CT molecular complexity index is 181. The molecule has 3 heteroatoms. The molecule has 1 fully saturated rings. The van der Waals surface area contributed by atoms with Gasteiger partial charge in [-0.05, 0) is 25.8 Å². The van der Waals surface area contributed by atoms with E-state index in [0.29, 0.717) is 5.92 Å². The Hall–Kier alpha value is -0.570. The van der Waals surface area contributed by atoms with Crippen LogP contribution in [0.5, 0.6) is 0 Å². The maximum Gasteiger partial charge on any atom is 0.237 e. The Morgan fingerprint density at radius 2 is 2.25 bits per heavy atom. The van der Waals surface area contributed by atoms with Crippen molar-refractivity contribution in [2.75, 3.05) is 7.05 Å². The Kier molecular flexibility index (Phi) is 2.73. The zero-order chi connectivity index (χ0) is 9.19. The highest BCUT2D eigenvalue weighted by molar-refractivity contribution is 5.85. The van der Waals surface area contributed by atoms with Gasteiger partial charge in [0, 0.05) is 0 Å². The highest BCUT2D eigenvalue weighted by Gasteiger charge is 2.41. The average Bonchev–Trinajstić information content (AvgIpc) is 2.05. The molecule has 1 amide bonds. The molecule has 0 spiro atoms. The smallest absolute Gasteiger partial charge is 0.237 e. The van der Waals surface area contributed by atoms with E-state index in [2.05, 4.69) is 12.2 Å². The van der Waals surface area contributed by atoms with Gasteiger partial charge in [0.2, 0.25) is 5.91 Å². The third kappa shape index (κ3) is 1.33. The summed E-state index contributed by atoms with van der Waals surface area (Å²) in [6.45, 7) is 2.10. The molecule has 1 rings (SSSR count). The number of hydrogen-bond acceptors (Lipinski definition) is 2. The second-order valence-corrected chi connectivity index (χ2v) is 3.73. The maximum atomic E-state index is 11.3. The van der Waals surface area contributed by atoms with Gasteiger partial charge in [-0.3, -0.25) is 4.79 Å². The van der Waals surface area contributed by atoms with E-state index >= 15 is 0 Å². The minimum Gasteiger partial charge on any atom is -0.368 e. The van der Waals surface area contributed by atoms with Crippen molar-refractivity contribution >= 4 is 5.91 Å². The summed E-state index contributed by atoms with van der Waals surface area (Å²) in [6.07, 6.45) is 4.32. The van der Waals surface area contributed by atoms with Gasteiger partial charge in [-0.1, -0.05) is 19.8 Å². The topological polar surface area (TPSA) is 55.1 Å². The minimum absolute atomic E-state index is 0.197. The van der Waals surface area contributed by atoms with Crippen molar-refractivity contribution in [3.05, 3.63) is 0 Å². The molecule has 0 aromatic heterocycles. The number of rotatable bonds is 2. The van der Waals surface area contributed by atoms with Crippen LogP contribution in [-0.4, -0.2) is 18.5 Å². The third-order valence-electron chi connectivity index (χ3n) is 3.19. The van der Waals surface area contributed by atoms with Crippen LogP contribution in [0.25, 0.3) is 0 Å². The average molecular weight is 170 g/mol. The summed E-state index contributed by atoms with van der Waals surface area (Å²) < 4.78 is 0. The lowest BCUT2D eigenvalue weighted by atomic mass is 9.73. The van der Waals surface area contributed by atoms with Crippen LogP contribution in [0.3, 0.4) is 0 Å². The van der Waals surface area contributed by atoms with E-state index in [1.807, 2.05) is 7.05 Å². The highest BCUT2D eigenvalue weighted by atomic mass is 16.1. The van der Waals surface area contributed by atoms with Gasteiger partial charge in [-0.25, -0.2) is 0 Å². The van der Waals surface area contributed by atoms with Gasteiger partial charge in [0.25, 0.3) is 0 Å². The molecule has 1 aliphatic carbocycles. The van der Waals surface area contributed by atoms with E-state index in [-0.39, 0.29) is 5.91 Å². The summed E-state index contributed by atoms with van der Waals surface area (Å²) in [4.78, 5) is 11.3. The van der Waals surface area contributed by atoms with Crippen molar-refractivity contribution in [1.82, 2.24) is 5.32 Å². The van der Waals surface area contributed by atoms with Crippen LogP contribution >= 0.6 is 0 Å². The molecule has 1 unspecified atom stereocenters. The number of carbonyl (C=O) groups is 1. The van der Waals surface area contributed by atoms with Crippen molar-refractivity contribution in [3.8, 4) is 0 Å². The van der Waals surface area contributed by atoms with Gasteiger partial charge in [-0.2, -0.15) is 0 Å². The molecule has 0 aliphatic heterocycles. The Labute approximate surface area is 73.7 Å². The summed E-state index contributed by atoms with van der Waals surface area (Å²) in [5, 5.41) is 3.09. The van der Waals surface area contributed by atoms with Crippen LogP contribution in [0.4, 0.5) is 0 Å². The van der Waals surface area contributed by atoms with Crippen molar-refractivity contribution in [3.63, 3.8) is 0 Å². The first-order valence-electron chi connectivity index (χ1n) is 4.62. The molecule has 2 atom stereocenters. The Morgan fingerprint density at radius 1 is 1.58 bits per heavy atom. The van der Waals surface area contributed by atoms with E-state index < -0.39 is 5.54 Å². The minimum atomic E-state index is -0.432. The van der Waals surface area contributed by atoms with E-state index in [1.54, 1.807) is 0 Å². The van der Waals surface area contributed by atoms with E-state index in [0.717, 1.165) is 19.3 Å². The summed E-state index contributed by atoms with van der Waals surface area (Å²) in [7, 11) is 1.83. The first-order chi connectivity index (χ1) is 5.63. The fraction of sp³-hybridized carbons (Fsp3) is 0.889. The zero-order valence-corrected chi connectivity index (χ0v) is 7.89. The Morgan fingerprint density at radius 3 is 2.58 bits per heavy atom. The normalized spacial score (nSPS) is 36.3. The number of nitrogens with two attached hydrogens (primary N) is 1. The van der Waals surface area contributed by atoms with E-state index in [9.17, 15) is 4.79 Å². The molecule has 0 heterocycles. The van der Waals surface area contributed by atoms with Crippen molar-refractivity contribution in [1.29, 1.82) is 0 Å². The molecular formula is C9H18N2O. The van der Waals surface area contributed by atoms with Crippen LogP contribution in [0.15, 0.2) is 0 Å². The molecule has 3 nitrogen and oxygen atoms in total. The molecular weight excluding hydrogens is 152 g/mol.